The van der Waals surface area contributed by atoms with Crippen molar-refractivity contribution in [1.29, 1.82) is 0 Å². The Morgan fingerprint density at radius 2 is 2.00 bits per heavy atom. The van der Waals surface area contributed by atoms with Crippen molar-refractivity contribution in [2.24, 2.45) is 7.05 Å². The molecule has 0 spiro atoms. The molecule has 0 fully saturated rings. The molecular formula is C15H20F3N5O. The monoisotopic (exact) mass is 343 g/mol. The minimum absolute atomic E-state index is 0.123. The van der Waals surface area contributed by atoms with Crippen LogP contribution in [0.25, 0.3) is 0 Å². The lowest BCUT2D eigenvalue weighted by atomic mass is 9.97. The van der Waals surface area contributed by atoms with Gasteiger partial charge in [0.15, 0.2) is 0 Å². The minimum Gasteiger partial charge on any atom is -0.374 e. The van der Waals surface area contributed by atoms with Crippen molar-refractivity contribution in [2.45, 2.75) is 38.5 Å². The van der Waals surface area contributed by atoms with E-state index in [0.717, 1.165) is 10.3 Å². The summed E-state index contributed by atoms with van der Waals surface area (Å²) in [4.78, 5) is 12.1. The highest BCUT2D eigenvalue weighted by Gasteiger charge is 2.57. The summed E-state index contributed by atoms with van der Waals surface area (Å²) in [6.45, 7) is 3.55. The van der Waals surface area contributed by atoms with Crippen LogP contribution < -0.4 is 5.32 Å². The number of aromatic nitrogens is 4. The second kappa shape index (κ2) is 6.76. The van der Waals surface area contributed by atoms with Gasteiger partial charge in [-0.1, -0.05) is 6.92 Å². The SMILES string of the molecule is CCc1nc(C)cc(NCCC(O)(c2nccn2C)C(F)(F)F)n1. The number of aliphatic hydroxyl groups is 1. The number of anilines is 1. The Labute approximate surface area is 137 Å². The van der Waals surface area contributed by atoms with Gasteiger partial charge in [0.25, 0.3) is 0 Å². The molecule has 0 bridgehead atoms. The van der Waals surface area contributed by atoms with Gasteiger partial charge < -0.3 is 15.0 Å². The van der Waals surface area contributed by atoms with E-state index in [9.17, 15) is 18.3 Å². The summed E-state index contributed by atoms with van der Waals surface area (Å²) in [5.41, 5.74) is -2.31. The van der Waals surface area contributed by atoms with E-state index >= 15 is 0 Å². The fraction of sp³-hybridized carbons (Fsp3) is 0.533. The van der Waals surface area contributed by atoms with Gasteiger partial charge >= 0.3 is 6.18 Å². The zero-order chi connectivity index (χ0) is 18.0. The van der Waals surface area contributed by atoms with Gasteiger partial charge in [0.2, 0.25) is 5.60 Å². The third-order valence-electron chi connectivity index (χ3n) is 3.67. The van der Waals surface area contributed by atoms with Crippen molar-refractivity contribution in [3.63, 3.8) is 0 Å². The van der Waals surface area contributed by atoms with Gasteiger partial charge in [-0.3, -0.25) is 0 Å². The summed E-state index contributed by atoms with van der Waals surface area (Å²) in [6.07, 6.45) is -2.23. The Balaban J connectivity index is 2.15. The summed E-state index contributed by atoms with van der Waals surface area (Å²) < 4.78 is 41.4. The van der Waals surface area contributed by atoms with Gasteiger partial charge in [-0.15, -0.1) is 0 Å². The predicted octanol–water partition coefficient (Wildman–Crippen LogP) is 2.33. The molecule has 1 atom stereocenters. The van der Waals surface area contributed by atoms with Crippen LogP contribution in [0, 0.1) is 6.92 Å². The van der Waals surface area contributed by atoms with E-state index in [-0.39, 0.29) is 6.54 Å². The van der Waals surface area contributed by atoms with Gasteiger partial charge in [0.1, 0.15) is 17.5 Å². The fourth-order valence-electron chi connectivity index (χ4n) is 2.39. The minimum atomic E-state index is -4.84. The number of hydrogen-bond acceptors (Lipinski definition) is 5. The van der Waals surface area contributed by atoms with Gasteiger partial charge in [-0.05, 0) is 6.92 Å². The van der Waals surface area contributed by atoms with E-state index < -0.39 is 24.0 Å². The molecule has 2 rings (SSSR count). The van der Waals surface area contributed by atoms with Crippen LogP contribution >= 0.6 is 0 Å². The molecule has 6 nitrogen and oxygen atoms in total. The average molecular weight is 343 g/mol. The molecule has 0 amide bonds. The standard InChI is InChI=1S/C15H20F3N5O/c1-4-11-21-10(2)9-12(22-11)19-6-5-14(24,15(16,17)18)13-20-7-8-23(13)3/h7-9,24H,4-6H2,1-3H3,(H,19,21,22). The molecule has 2 N–H and O–H groups in total. The van der Waals surface area contributed by atoms with Crippen LogP contribution in [-0.4, -0.2) is 37.3 Å². The van der Waals surface area contributed by atoms with Crippen LogP contribution in [0.15, 0.2) is 18.5 Å². The summed E-state index contributed by atoms with van der Waals surface area (Å²) >= 11 is 0. The van der Waals surface area contributed by atoms with E-state index in [1.807, 2.05) is 6.92 Å². The topological polar surface area (TPSA) is 75.9 Å². The van der Waals surface area contributed by atoms with E-state index in [2.05, 4.69) is 20.3 Å². The molecule has 0 aromatic carbocycles. The second-order valence-electron chi connectivity index (χ2n) is 5.56. The van der Waals surface area contributed by atoms with E-state index in [0.29, 0.717) is 18.1 Å². The molecule has 0 saturated carbocycles. The van der Waals surface area contributed by atoms with E-state index in [1.54, 1.807) is 13.0 Å². The number of halogens is 3. The maximum Gasteiger partial charge on any atom is 0.424 e. The summed E-state index contributed by atoms with van der Waals surface area (Å²) in [5, 5.41) is 13.1. The number of alkyl halides is 3. The lowest BCUT2D eigenvalue weighted by Crippen LogP contribution is -2.45. The maximum atomic E-state index is 13.4. The lowest BCUT2D eigenvalue weighted by Gasteiger charge is -2.30. The maximum absolute atomic E-state index is 13.4. The largest absolute Gasteiger partial charge is 0.424 e. The molecule has 0 radical (unpaired) electrons. The lowest BCUT2D eigenvalue weighted by molar-refractivity contribution is -0.271. The number of nitrogens with one attached hydrogen (secondary N) is 1. The number of nitrogens with zero attached hydrogens (tertiary/aromatic N) is 4. The Kier molecular flexibility index (Phi) is 5.12. The highest BCUT2D eigenvalue weighted by atomic mass is 19.4. The molecule has 2 aromatic heterocycles. The highest BCUT2D eigenvalue weighted by Crippen LogP contribution is 2.40. The summed E-state index contributed by atoms with van der Waals surface area (Å²) in [7, 11) is 1.41. The van der Waals surface area contributed by atoms with E-state index in [1.165, 1.54) is 19.4 Å². The van der Waals surface area contributed by atoms with Crippen molar-refractivity contribution in [2.75, 3.05) is 11.9 Å². The molecule has 0 aliphatic carbocycles. The summed E-state index contributed by atoms with van der Waals surface area (Å²) in [5.74, 6) is 0.598. The van der Waals surface area contributed by atoms with Crippen molar-refractivity contribution in [1.82, 2.24) is 19.5 Å². The molecule has 1 unspecified atom stereocenters. The number of hydrogen-bond donors (Lipinski definition) is 2. The molecule has 0 saturated heterocycles. The molecular weight excluding hydrogens is 323 g/mol. The quantitative estimate of drug-likeness (QED) is 0.842. The third-order valence-corrected chi connectivity index (χ3v) is 3.67. The van der Waals surface area contributed by atoms with Gasteiger partial charge in [0, 0.05) is 50.6 Å². The van der Waals surface area contributed by atoms with E-state index in [4.69, 9.17) is 0 Å². The van der Waals surface area contributed by atoms with Crippen molar-refractivity contribution in [3.8, 4) is 0 Å². The van der Waals surface area contributed by atoms with Crippen LogP contribution in [0.4, 0.5) is 19.0 Å². The Hall–Kier alpha value is -2.16. The Bertz CT molecular complexity index is 701. The molecule has 24 heavy (non-hydrogen) atoms. The first-order chi connectivity index (χ1) is 11.2. The van der Waals surface area contributed by atoms with Crippen LogP contribution in [0.3, 0.4) is 0 Å². The van der Waals surface area contributed by atoms with Crippen LogP contribution in [-0.2, 0) is 19.1 Å². The first-order valence-electron chi connectivity index (χ1n) is 7.52. The number of aryl methyl sites for hydroxylation is 3. The smallest absolute Gasteiger partial charge is 0.374 e. The van der Waals surface area contributed by atoms with Crippen molar-refractivity contribution in [3.05, 3.63) is 35.8 Å². The second-order valence-corrected chi connectivity index (χ2v) is 5.56. The molecule has 2 aromatic rings. The average Bonchev–Trinajstić information content (AvgIpc) is 2.92. The molecule has 9 heteroatoms. The predicted molar refractivity (Wildman–Crippen MR) is 82.4 cm³/mol. The zero-order valence-corrected chi connectivity index (χ0v) is 13.7. The van der Waals surface area contributed by atoms with Gasteiger partial charge in [-0.2, -0.15) is 13.2 Å². The fourth-order valence-corrected chi connectivity index (χ4v) is 2.39. The van der Waals surface area contributed by atoms with Crippen molar-refractivity contribution >= 4 is 5.82 Å². The van der Waals surface area contributed by atoms with Gasteiger partial charge in [0.05, 0.1) is 0 Å². The Morgan fingerprint density at radius 3 is 2.54 bits per heavy atom. The zero-order valence-electron chi connectivity index (χ0n) is 13.7. The molecule has 2 heterocycles. The molecule has 0 aliphatic heterocycles. The molecule has 0 aliphatic rings. The van der Waals surface area contributed by atoms with Crippen LogP contribution in [0.2, 0.25) is 0 Å². The number of imidazole rings is 1. The normalized spacial score (nSPS) is 14.5. The molecule has 132 valence electrons. The van der Waals surface area contributed by atoms with Crippen molar-refractivity contribution < 1.29 is 18.3 Å². The summed E-state index contributed by atoms with van der Waals surface area (Å²) in [6, 6.07) is 1.65. The first kappa shape index (κ1) is 18.2. The van der Waals surface area contributed by atoms with Crippen LogP contribution in [0.5, 0.6) is 0 Å². The third kappa shape index (κ3) is 3.66. The van der Waals surface area contributed by atoms with Crippen LogP contribution in [0.1, 0.15) is 30.7 Å². The first-order valence-corrected chi connectivity index (χ1v) is 7.52. The highest BCUT2D eigenvalue weighted by molar-refractivity contribution is 5.35. The van der Waals surface area contributed by atoms with Gasteiger partial charge in [-0.25, -0.2) is 15.0 Å². The number of rotatable bonds is 6. The Morgan fingerprint density at radius 1 is 1.29 bits per heavy atom.